The summed E-state index contributed by atoms with van der Waals surface area (Å²) >= 11 is 0. The SMILES string of the molecule is N#Cc1cccc(C(=O)N2CCN(Cc3ccc(C(F)(F)F)cc3)CC2)c1. The van der Waals surface area contributed by atoms with Crippen molar-refractivity contribution in [2.24, 2.45) is 0 Å². The molecule has 0 radical (unpaired) electrons. The molecule has 0 aliphatic carbocycles. The third-order valence-corrected chi connectivity index (χ3v) is 4.59. The van der Waals surface area contributed by atoms with Gasteiger partial charge < -0.3 is 4.90 Å². The minimum atomic E-state index is -4.33. The Morgan fingerprint density at radius 1 is 1.04 bits per heavy atom. The lowest BCUT2D eigenvalue weighted by Gasteiger charge is -2.34. The number of carbonyl (C=O) groups is 1. The molecule has 0 bridgehead atoms. The second-order valence-electron chi connectivity index (χ2n) is 6.46. The molecule has 0 saturated carbocycles. The molecule has 1 fully saturated rings. The number of nitriles is 1. The van der Waals surface area contributed by atoms with Crippen LogP contribution in [0.1, 0.15) is 27.0 Å². The van der Waals surface area contributed by atoms with Crippen LogP contribution in [-0.2, 0) is 12.7 Å². The van der Waals surface area contributed by atoms with E-state index >= 15 is 0 Å². The van der Waals surface area contributed by atoms with E-state index in [0.29, 0.717) is 43.9 Å². The van der Waals surface area contributed by atoms with Crippen LogP contribution in [0.25, 0.3) is 0 Å². The highest BCUT2D eigenvalue weighted by Crippen LogP contribution is 2.29. The average molecular weight is 373 g/mol. The molecule has 2 aromatic rings. The Morgan fingerprint density at radius 3 is 2.30 bits per heavy atom. The maximum Gasteiger partial charge on any atom is 0.416 e. The third kappa shape index (κ3) is 4.66. The number of amides is 1. The normalized spacial score (nSPS) is 15.4. The lowest BCUT2D eigenvalue weighted by molar-refractivity contribution is -0.137. The third-order valence-electron chi connectivity index (χ3n) is 4.59. The second kappa shape index (κ2) is 7.80. The van der Waals surface area contributed by atoms with Crippen molar-refractivity contribution in [1.82, 2.24) is 9.80 Å². The Balaban J connectivity index is 1.56. The second-order valence-corrected chi connectivity index (χ2v) is 6.46. The summed E-state index contributed by atoms with van der Waals surface area (Å²) in [5.41, 5.74) is 1.10. The Hall–Kier alpha value is -2.85. The lowest BCUT2D eigenvalue weighted by atomic mass is 10.1. The standard InChI is InChI=1S/C20H18F3N3O/c21-20(22,23)18-6-4-15(5-7-18)14-25-8-10-26(11-9-25)19(27)17-3-1-2-16(12-17)13-24/h1-7,12H,8-11,14H2. The average Bonchev–Trinajstić information content (AvgIpc) is 2.68. The predicted octanol–water partition coefficient (Wildman–Crippen LogP) is 3.54. The van der Waals surface area contributed by atoms with Crippen molar-refractivity contribution in [2.45, 2.75) is 12.7 Å². The molecule has 140 valence electrons. The van der Waals surface area contributed by atoms with Gasteiger partial charge in [0.25, 0.3) is 5.91 Å². The summed E-state index contributed by atoms with van der Waals surface area (Å²) in [7, 11) is 0. The molecule has 0 N–H and O–H groups in total. The first-order valence-electron chi connectivity index (χ1n) is 8.55. The first-order chi connectivity index (χ1) is 12.9. The highest BCUT2D eigenvalue weighted by molar-refractivity contribution is 5.94. The van der Waals surface area contributed by atoms with Crippen LogP contribution in [0.5, 0.6) is 0 Å². The molecule has 4 nitrogen and oxygen atoms in total. The van der Waals surface area contributed by atoms with Crippen molar-refractivity contribution >= 4 is 5.91 Å². The van der Waals surface area contributed by atoms with Crippen molar-refractivity contribution < 1.29 is 18.0 Å². The van der Waals surface area contributed by atoms with Gasteiger partial charge in [0.2, 0.25) is 0 Å². The molecule has 27 heavy (non-hydrogen) atoms. The van der Waals surface area contributed by atoms with E-state index in [1.54, 1.807) is 29.2 Å². The van der Waals surface area contributed by atoms with E-state index in [9.17, 15) is 18.0 Å². The summed E-state index contributed by atoms with van der Waals surface area (Å²) in [5, 5.41) is 8.95. The molecule has 0 atom stereocenters. The van der Waals surface area contributed by atoms with E-state index in [2.05, 4.69) is 4.90 Å². The largest absolute Gasteiger partial charge is 0.416 e. The van der Waals surface area contributed by atoms with Crippen LogP contribution < -0.4 is 0 Å². The van der Waals surface area contributed by atoms with Crippen molar-refractivity contribution in [1.29, 1.82) is 5.26 Å². The molecule has 1 aliphatic rings. The summed E-state index contributed by atoms with van der Waals surface area (Å²) in [6.07, 6.45) is -4.33. The van der Waals surface area contributed by atoms with Crippen LogP contribution in [0.3, 0.4) is 0 Å². The first-order valence-corrected chi connectivity index (χ1v) is 8.55. The monoisotopic (exact) mass is 373 g/mol. The Bertz CT molecular complexity index is 848. The van der Waals surface area contributed by atoms with Crippen molar-refractivity contribution in [3.05, 3.63) is 70.8 Å². The molecule has 3 rings (SSSR count). The molecule has 1 aliphatic heterocycles. The molecule has 1 amide bonds. The predicted molar refractivity (Wildman–Crippen MR) is 93.8 cm³/mol. The number of halogens is 3. The molecule has 2 aromatic carbocycles. The zero-order valence-corrected chi connectivity index (χ0v) is 14.5. The molecule has 1 heterocycles. The number of hydrogen-bond acceptors (Lipinski definition) is 3. The number of alkyl halides is 3. The highest BCUT2D eigenvalue weighted by Gasteiger charge is 2.30. The fourth-order valence-corrected chi connectivity index (χ4v) is 3.07. The molecule has 7 heteroatoms. The summed E-state index contributed by atoms with van der Waals surface area (Å²) in [4.78, 5) is 16.4. The van der Waals surface area contributed by atoms with Crippen LogP contribution in [0.15, 0.2) is 48.5 Å². The molecular formula is C20H18F3N3O. The Labute approximate surface area is 155 Å². The zero-order valence-electron chi connectivity index (χ0n) is 14.5. The summed E-state index contributed by atoms with van der Waals surface area (Å²) < 4.78 is 37.9. The Morgan fingerprint density at radius 2 is 1.70 bits per heavy atom. The first kappa shape index (κ1) is 18.9. The minimum Gasteiger partial charge on any atom is -0.336 e. The van der Waals surface area contributed by atoms with Gasteiger partial charge in [0.15, 0.2) is 0 Å². The quantitative estimate of drug-likeness (QED) is 0.827. The maximum atomic E-state index is 12.6. The van der Waals surface area contributed by atoms with Crippen LogP contribution in [0, 0.1) is 11.3 Å². The maximum absolute atomic E-state index is 12.6. The molecule has 1 saturated heterocycles. The van der Waals surface area contributed by atoms with Crippen molar-refractivity contribution in [3.63, 3.8) is 0 Å². The fourth-order valence-electron chi connectivity index (χ4n) is 3.07. The lowest BCUT2D eigenvalue weighted by Crippen LogP contribution is -2.48. The number of benzene rings is 2. The number of rotatable bonds is 3. The van der Waals surface area contributed by atoms with Crippen LogP contribution in [-0.4, -0.2) is 41.9 Å². The molecular weight excluding hydrogens is 355 g/mol. The highest BCUT2D eigenvalue weighted by atomic mass is 19.4. The summed E-state index contributed by atoms with van der Waals surface area (Å²) in [6.45, 7) is 2.91. The topological polar surface area (TPSA) is 47.3 Å². The zero-order chi connectivity index (χ0) is 19.4. The van der Waals surface area contributed by atoms with E-state index < -0.39 is 11.7 Å². The molecule has 0 spiro atoms. The van der Waals surface area contributed by atoms with Crippen LogP contribution >= 0.6 is 0 Å². The summed E-state index contributed by atoms with van der Waals surface area (Å²) in [6, 6.07) is 13.8. The van der Waals surface area contributed by atoms with Gasteiger partial charge in [-0.25, -0.2) is 0 Å². The van der Waals surface area contributed by atoms with Gasteiger partial charge >= 0.3 is 6.18 Å². The van der Waals surface area contributed by atoms with Gasteiger partial charge in [0.05, 0.1) is 17.2 Å². The van der Waals surface area contributed by atoms with E-state index in [1.807, 2.05) is 6.07 Å². The van der Waals surface area contributed by atoms with E-state index in [4.69, 9.17) is 5.26 Å². The number of nitrogens with zero attached hydrogens (tertiary/aromatic N) is 3. The van der Waals surface area contributed by atoms with Crippen molar-refractivity contribution in [3.8, 4) is 6.07 Å². The van der Waals surface area contributed by atoms with Gasteiger partial charge in [-0.1, -0.05) is 18.2 Å². The van der Waals surface area contributed by atoms with Crippen LogP contribution in [0.4, 0.5) is 13.2 Å². The van der Waals surface area contributed by atoms with Gasteiger partial charge in [0, 0.05) is 38.3 Å². The number of hydrogen-bond donors (Lipinski definition) is 0. The smallest absolute Gasteiger partial charge is 0.336 e. The number of carbonyl (C=O) groups excluding carboxylic acids is 1. The van der Waals surface area contributed by atoms with Gasteiger partial charge in [-0.05, 0) is 35.9 Å². The van der Waals surface area contributed by atoms with Gasteiger partial charge in [0.1, 0.15) is 0 Å². The van der Waals surface area contributed by atoms with E-state index in [1.165, 1.54) is 12.1 Å². The van der Waals surface area contributed by atoms with Gasteiger partial charge in [-0.3, -0.25) is 9.69 Å². The molecule has 0 aromatic heterocycles. The molecule has 0 unspecified atom stereocenters. The fraction of sp³-hybridized carbons (Fsp3) is 0.300. The van der Waals surface area contributed by atoms with Crippen molar-refractivity contribution in [2.75, 3.05) is 26.2 Å². The van der Waals surface area contributed by atoms with Crippen LogP contribution in [0.2, 0.25) is 0 Å². The number of piperazine rings is 1. The summed E-state index contributed by atoms with van der Waals surface area (Å²) in [5.74, 6) is -0.110. The van der Waals surface area contributed by atoms with Gasteiger partial charge in [-0.2, -0.15) is 18.4 Å². The Kier molecular flexibility index (Phi) is 5.47. The van der Waals surface area contributed by atoms with E-state index in [0.717, 1.165) is 17.7 Å². The minimum absolute atomic E-state index is 0.110. The van der Waals surface area contributed by atoms with Gasteiger partial charge in [-0.15, -0.1) is 0 Å². The van der Waals surface area contributed by atoms with E-state index in [-0.39, 0.29) is 5.91 Å².